The second-order valence-corrected chi connectivity index (χ2v) is 10.8. The predicted octanol–water partition coefficient (Wildman–Crippen LogP) is 2.54. The van der Waals surface area contributed by atoms with Crippen LogP contribution in [0.5, 0.6) is 0 Å². The van der Waals surface area contributed by atoms with Gasteiger partial charge in [0.2, 0.25) is 0 Å². The van der Waals surface area contributed by atoms with Crippen molar-refractivity contribution in [3.8, 4) is 0 Å². The summed E-state index contributed by atoms with van der Waals surface area (Å²) < 4.78 is 3.57. The number of rotatable bonds is 5. The number of hydrogen-bond donors (Lipinski definition) is 2. The Morgan fingerprint density at radius 1 is 1.15 bits per heavy atom. The van der Waals surface area contributed by atoms with Crippen LogP contribution in [-0.4, -0.2) is 57.0 Å². The number of thioether (sulfide) groups is 1. The highest BCUT2D eigenvalue weighted by atomic mass is 35.5. The third-order valence-electron chi connectivity index (χ3n) is 7.10. The highest BCUT2D eigenvalue weighted by molar-refractivity contribution is 7.99. The SMILES string of the molecule is O=c1ccc2ccc(=O)n3c2n1C[C@H]3CN1CCC(NCc2nc3c(cc2Cl)SCCN3)CC1. The number of aromatic nitrogens is 3. The van der Waals surface area contributed by atoms with E-state index in [0.717, 1.165) is 77.2 Å². The molecule has 2 N–H and O–H groups in total. The molecule has 3 aliphatic heterocycles. The van der Waals surface area contributed by atoms with Crippen LogP contribution >= 0.6 is 23.4 Å². The molecular weight excluding hydrogens is 472 g/mol. The van der Waals surface area contributed by atoms with E-state index in [1.165, 1.54) is 0 Å². The molecule has 3 aromatic heterocycles. The maximum atomic E-state index is 12.6. The average Bonchev–Trinajstić information content (AvgIpc) is 3.23. The molecule has 10 heteroatoms. The number of piperidine rings is 1. The Hall–Kier alpha value is -2.33. The first-order valence-electron chi connectivity index (χ1n) is 11.8. The highest BCUT2D eigenvalue weighted by Crippen LogP contribution is 2.33. The second-order valence-electron chi connectivity index (χ2n) is 9.25. The van der Waals surface area contributed by atoms with Crippen molar-refractivity contribution < 1.29 is 0 Å². The van der Waals surface area contributed by atoms with Crippen LogP contribution in [0.4, 0.5) is 5.82 Å². The van der Waals surface area contributed by atoms with E-state index in [1.54, 1.807) is 28.5 Å². The summed E-state index contributed by atoms with van der Waals surface area (Å²) in [5.41, 5.74) is 1.57. The molecular formula is C24H27ClN6O2S. The number of nitrogens with zero attached hydrogens (tertiary/aromatic N) is 4. The van der Waals surface area contributed by atoms with Gasteiger partial charge in [0.15, 0.2) is 0 Å². The Morgan fingerprint density at radius 3 is 2.76 bits per heavy atom. The third-order valence-corrected chi connectivity index (χ3v) is 8.45. The average molecular weight is 499 g/mol. The summed E-state index contributed by atoms with van der Waals surface area (Å²) in [6.45, 7) is 4.82. The Bertz CT molecular complexity index is 1360. The van der Waals surface area contributed by atoms with Crippen LogP contribution in [0.3, 0.4) is 0 Å². The quantitative estimate of drug-likeness (QED) is 0.559. The molecule has 1 atom stereocenters. The van der Waals surface area contributed by atoms with Crippen LogP contribution in [0.15, 0.2) is 44.8 Å². The summed E-state index contributed by atoms with van der Waals surface area (Å²) in [7, 11) is 0. The van der Waals surface area contributed by atoms with E-state index in [4.69, 9.17) is 16.6 Å². The Balaban J connectivity index is 1.07. The summed E-state index contributed by atoms with van der Waals surface area (Å²) in [5, 5.41) is 8.65. The number of hydrogen-bond acceptors (Lipinski definition) is 7. The van der Waals surface area contributed by atoms with Gasteiger partial charge in [0.25, 0.3) is 11.1 Å². The van der Waals surface area contributed by atoms with Crippen LogP contribution in [0.1, 0.15) is 24.6 Å². The molecule has 6 heterocycles. The monoisotopic (exact) mass is 498 g/mol. The van der Waals surface area contributed by atoms with E-state index in [0.29, 0.717) is 19.1 Å². The molecule has 3 aromatic rings. The summed E-state index contributed by atoms with van der Waals surface area (Å²) >= 11 is 8.28. The van der Waals surface area contributed by atoms with Crippen molar-refractivity contribution in [1.29, 1.82) is 0 Å². The largest absolute Gasteiger partial charge is 0.368 e. The molecule has 3 aliphatic rings. The highest BCUT2D eigenvalue weighted by Gasteiger charge is 2.29. The molecule has 1 fully saturated rings. The first kappa shape index (κ1) is 22.2. The van der Waals surface area contributed by atoms with Gasteiger partial charge < -0.3 is 15.5 Å². The smallest absolute Gasteiger partial charge is 0.252 e. The van der Waals surface area contributed by atoms with Gasteiger partial charge in [-0.05, 0) is 44.1 Å². The van der Waals surface area contributed by atoms with Crippen molar-refractivity contribution in [2.45, 2.75) is 42.9 Å². The van der Waals surface area contributed by atoms with Crippen molar-refractivity contribution in [1.82, 2.24) is 24.3 Å². The fourth-order valence-electron chi connectivity index (χ4n) is 5.35. The van der Waals surface area contributed by atoms with Gasteiger partial charge in [0.1, 0.15) is 11.5 Å². The number of nitrogens with one attached hydrogen (secondary N) is 2. The molecule has 0 aromatic carbocycles. The molecule has 0 saturated carbocycles. The molecule has 0 aliphatic carbocycles. The van der Waals surface area contributed by atoms with Gasteiger partial charge in [-0.1, -0.05) is 11.6 Å². The molecule has 34 heavy (non-hydrogen) atoms. The zero-order chi connectivity index (χ0) is 23.2. The van der Waals surface area contributed by atoms with Crippen molar-refractivity contribution >= 4 is 40.2 Å². The summed E-state index contributed by atoms with van der Waals surface area (Å²) in [6.07, 6.45) is 2.05. The molecule has 0 radical (unpaired) electrons. The van der Waals surface area contributed by atoms with E-state index < -0.39 is 0 Å². The van der Waals surface area contributed by atoms with Crippen molar-refractivity contribution in [2.75, 3.05) is 37.2 Å². The molecule has 0 bridgehead atoms. The van der Waals surface area contributed by atoms with Crippen molar-refractivity contribution in [2.24, 2.45) is 0 Å². The van der Waals surface area contributed by atoms with Gasteiger partial charge in [-0.25, -0.2) is 4.98 Å². The number of halogens is 1. The van der Waals surface area contributed by atoms with Gasteiger partial charge in [-0.2, -0.15) is 0 Å². The fraction of sp³-hybridized carbons (Fsp3) is 0.458. The van der Waals surface area contributed by atoms with Crippen molar-refractivity contribution in [3.05, 3.63) is 61.8 Å². The summed E-state index contributed by atoms with van der Waals surface area (Å²) in [4.78, 5) is 33.3. The second kappa shape index (κ2) is 9.03. The number of anilines is 1. The molecule has 6 rings (SSSR count). The molecule has 178 valence electrons. The van der Waals surface area contributed by atoms with Crippen LogP contribution in [0.25, 0.3) is 11.0 Å². The lowest BCUT2D eigenvalue weighted by atomic mass is 10.0. The van der Waals surface area contributed by atoms with E-state index >= 15 is 0 Å². The number of pyridine rings is 3. The lowest BCUT2D eigenvalue weighted by Gasteiger charge is -2.34. The summed E-state index contributed by atoms with van der Waals surface area (Å²) in [6, 6.07) is 9.23. The minimum absolute atomic E-state index is 0.0142. The van der Waals surface area contributed by atoms with Crippen LogP contribution < -0.4 is 21.8 Å². The molecule has 8 nitrogen and oxygen atoms in total. The van der Waals surface area contributed by atoms with Gasteiger partial charge in [0.05, 0.1) is 21.7 Å². The molecule has 0 spiro atoms. The standard InChI is InChI=1S/C24H27ClN6O2S/c25-18-11-20-23(26-7-10-34-20)28-19(18)12-27-16-5-8-29(9-6-16)13-17-14-30-21(32)3-1-15-2-4-22(33)31(17)24(15)30/h1-4,11,16-17,27H,5-10,12-14H2,(H,26,28)/t17-/m1/s1. The third kappa shape index (κ3) is 4.04. The molecule has 0 amide bonds. The fourth-order valence-corrected chi connectivity index (χ4v) is 6.51. The molecule has 0 unspecified atom stereocenters. The van der Waals surface area contributed by atoms with Crippen molar-refractivity contribution in [3.63, 3.8) is 0 Å². The number of fused-ring (bicyclic) bond motifs is 1. The zero-order valence-electron chi connectivity index (χ0n) is 18.8. The predicted molar refractivity (Wildman–Crippen MR) is 136 cm³/mol. The maximum absolute atomic E-state index is 12.6. The van der Waals surface area contributed by atoms with E-state index in [2.05, 4.69) is 15.5 Å². The van der Waals surface area contributed by atoms with Gasteiger partial charge >= 0.3 is 0 Å². The number of likely N-dealkylation sites (tertiary alicyclic amines) is 1. The van der Waals surface area contributed by atoms with Gasteiger partial charge in [0, 0.05) is 55.5 Å². The lowest BCUT2D eigenvalue weighted by Crippen LogP contribution is -2.44. The van der Waals surface area contributed by atoms with E-state index in [-0.39, 0.29) is 17.2 Å². The van der Waals surface area contributed by atoms with E-state index in [9.17, 15) is 9.59 Å². The minimum atomic E-state index is -0.0412. The summed E-state index contributed by atoms with van der Waals surface area (Å²) in [5.74, 6) is 1.98. The Labute approximate surface area is 206 Å². The first-order chi connectivity index (χ1) is 16.6. The molecule has 1 saturated heterocycles. The first-order valence-corrected chi connectivity index (χ1v) is 13.2. The van der Waals surface area contributed by atoms with E-state index in [1.807, 2.05) is 22.8 Å². The Kier molecular flexibility index (Phi) is 5.89. The Morgan fingerprint density at radius 2 is 1.94 bits per heavy atom. The zero-order valence-corrected chi connectivity index (χ0v) is 20.4. The van der Waals surface area contributed by atoms with Crippen LogP contribution in [-0.2, 0) is 13.1 Å². The lowest BCUT2D eigenvalue weighted by molar-refractivity contribution is 0.171. The maximum Gasteiger partial charge on any atom is 0.252 e. The van der Waals surface area contributed by atoms with Gasteiger partial charge in [-0.15, -0.1) is 11.8 Å². The normalized spacial score (nSPS) is 20.4. The topological polar surface area (TPSA) is 84.2 Å². The minimum Gasteiger partial charge on any atom is -0.368 e. The van der Waals surface area contributed by atoms with Crippen LogP contribution in [0.2, 0.25) is 5.02 Å². The van der Waals surface area contributed by atoms with Gasteiger partial charge in [-0.3, -0.25) is 18.7 Å². The van der Waals surface area contributed by atoms with Crippen LogP contribution in [0, 0.1) is 0 Å².